The Bertz CT molecular complexity index is 1010. The molecule has 0 unspecified atom stereocenters. The van der Waals surface area contributed by atoms with Gasteiger partial charge in [-0.1, -0.05) is 24.3 Å². The van der Waals surface area contributed by atoms with Gasteiger partial charge in [-0.2, -0.15) is 5.26 Å². The average Bonchev–Trinajstić information content (AvgIpc) is 3.20. The zero-order valence-electron chi connectivity index (χ0n) is 17.1. The molecular formula is C24H27N3O3. The Morgan fingerprint density at radius 2 is 1.90 bits per heavy atom. The van der Waals surface area contributed by atoms with Crippen LogP contribution >= 0.6 is 0 Å². The summed E-state index contributed by atoms with van der Waals surface area (Å²) in [6, 6.07) is 12.3. The molecular weight excluding hydrogens is 378 g/mol. The van der Waals surface area contributed by atoms with E-state index in [0.29, 0.717) is 11.3 Å². The SMILES string of the molecule is N#CC1CCN(Cc2cc3c(c4ccccc24)OCN([C@H]2CCC[C@@H]2O)C3=O)CC1. The quantitative estimate of drug-likeness (QED) is 0.848. The molecule has 156 valence electrons. The van der Waals surface area contributed by atoms with Crippen molar-refractivity contribution < 1.29 is 14.6 Å². The largest absolute Gasteiger partial charge is 0.472 e. The van der Waals surface area contributed by atoms with Gasteiger partial charge in [-0.25, -0.2) is 0 Å². The number of ether oxygens (including phenoxy) is 1. The number of amides is 1. The Balaban J connectivity index is 1.49. The monoisotopic (exact) mass is 405 g/mol. The predicted octanol–water partition coefficient (Wildman–Crippen LogP) is 3.28. The van der Waals surface area contributed by atoms with Crippen LogP contribution in [-0.4, -0.2) is 52.8 Å². The Morgan fingerprint density at radius 1 is 1.13 bits per heavy atom. The molecule has 6 heteroatoms. The highest BCUT2D eigenvalue weighted by Gasteiger charge is 2.38. The van der Waals surface area contributed by atoms with Gasteiger partial charge in [-0.05, 0) is 62.2 Å². The van der Waals surface area contributed by atoms with Gasteiger partial charge < -0.3 is 9.84 Å². The van der Waals surface area contributed by atoms with Crippen LogP contribution in [0.25, 0.3) is 10.8 Å². The predicted molar refractivity (Wildman–Crippen MR) is 113 cm³/mol. The molecule has 30 heavy (non-hydrogen) atoms. The summed E-state index contributed by atoms with van der Waals surface area (Å²) >= 11 is 0. The summed E-state index contributed by atoms with van der Waals surface area (Å²) in [5.41, 5.74) is 1.71. The second-order valence-corrected chi connectivity index (χ2v) is 8.75. The molecule has 2 aromatic rings. The number of aliphatic hydroxyl groups excluding tert-OH is 1. The number of carbonyl (C=O) groups excluding carboxylic acids is 1. The Kier molecular flexibility index (Phi) is 5.10. The van der Waals surface area contributed by atoms with Crippen molar-refractivity contribution in [2.24, 2.45) is 5.92 Å². The number of likely N-dealkylation sites (tertiary alicyclic amines) is 1. The van der Waals surface area contributed by atoms with Crippen LogP contribution in [-0.2, 0) is 6.54 Å². The van der Waals surface area contributed by atoms with Crippen LogP contribution in [0.5, 0.6) is 5.75 Å². The number of hydrogen-bond donors (Lipinski definition) is 1. The Labute approximate surface area is 176 Å². The number of fused-ring (bicyclic) bond motifs is 3. The number of nitriles is 1. The molecule has 0 bridgehead atoms. The highest BCUT2D eigenvalue weighted by Crippen LogP contribution is 2.38. The minimum absolute atomic E-state index is 0.0441. The van der Waals surface area contributed by atoms with E-state index in [4.69, 9.17) is 10.00 Å². The smallest absolute Gasteiger partial charge is 0.260 e. The minimum atomic E-state index is -0.472. The highest BCUT2D eigenvalue weighted by atomic mass is 16.5. The summed E-state index contributed by atoms with van der Waals surface area (Å²) < 4.78 is 6.10. The van der Waals surface area contributed by atoms with Crippen molar-refractivity contribution in [1.82, 2.24) is 9.80 Å². The fourth-order valence-corrected chi connectivity index (χ4v) is 5.21. The van der Waals surface area contributed by atoms with E-state index in [-0.39, 0.29) is 24.6 Å². The lowest BCUT2D eigenvalue weighted by Gasteiger charge is -2.36. The molecule has 0 radical (unpaired) electrons. The maximum atomic E-state index is 13.4. The molecule has 1 N–H and O–H groups in total. The fraction of sp³-hybridized carbons (Fsp3) is 0.500. The second kappa shape index (κ2) is 7.90. The van der Waals surface area contributed by atoms with Crippen molar-refractivity contribution >= 4 is 16.7 Å². The van der Waals surface area contributed by atoms with Crippen LogP contribution in [0.3, 0.4) is 0 Å². The first-order valence-electron chi connectivity index (χ1n) is 10.9. The van der Waals surface area contributed by atoms with Crippen LogP contribution in [0.1, 0.15) is 48.0 Å². The van der Waals surface area contributed by atoms with E-state index in [1.807, 2.05) is 24.3 Å². The van der Waals surface area contributed by atoms with Crippen LogP contribution in [0, 0.1) is 17.2 Å². The molecule has 2 heterocycles. The van der Waals surface area contributed by atoms with E-state index in [2.05, 4.69) is 17.0 Å². The van der Waals surface area contributed by atoms with Crippen LogP contribution in [0.4, 0.5) is 0 Å². The molecule has 1 saturated carbocycles. The normalized spacial score (nSPS) is 25.2. The third-order valence-electron chi connectivity index (χ3n) is 6.93. The molecule has 1 aliphatic carbocycles. The Morgan fingerprint density at radius 3 is 2.60 bits per heavy atom. The number of nitrogens with zero attached hydrogens (tertiary/aromatic N) is 3. The Hall–Kier alpha value is -2.62. The second-order valence-electron chi connectivity index (χ2n) is 8.75. The van der Waals surface area contributed by atoms with Gasteiger partial charge in [0.05, 0.1) is 23.8 Å². The first-order valence-corrected chi connectivity index (χ1v) is 10.9. The van der Waals surface area contributed by atoms with Crippen molar-refractivity contribution in [1.29, 1.82) is 5.26 Å². The van der Waals surface area contributed by atoms with Gasteiger partial charge in [0.2, 0.25) is 0 Å². The van der Waals surface area contributed by atoms with E-state index < -0.39 is 6.10 Å². The lowest BCUT2D eigenvalue weighted by atomic mass is 9.95. The summed E-state index contributed by atoms with van der Waals surface area (Å²) in [6.45, 7) is 2.74. The lowest BCUT2D eigenvalue weighted by molar-refractivity contribution is 0.0132. The molecule has 1 amide bonds. The van der Waals surface area contributed by atoms with E-state index in [1.165, 1.54) is 0 Å². The van der Waals surface area contributed by atoms with E-state index in [9.17, 15) is 9.90 Å². The molecule has 1 saturated heterocycles. The highest BCUT2D eigenvalue weighted by molar-refractivity contribution is 6.06. The summed E-state index contributed by atoms with van der Waals surface area (Å²) in [5.74, 6) is 0.770. The van der Waals surface area contributed by atoms with Gasteiger partial charge in [0.1, 0.15) is 5.75 Å². The lowest BCUT2D eigenvalue weighted by Crippen LogP contribution is -2.48. The van der Waals surface area contributed by atoms with Gasteiger partial charge in [-0.3, -0.25) is 14.6 Å². The van der Waals surface area contributed by atoms with Gasteiger partial charge in [0.25, 0.3) is 5.91 Å². The zero-order chi connectivity index (χ0) is 20.7. The maximum Gasteiger partial charge on any atom is 0.260 e. The molecule has 6 nitrogen and oxygen atoms in total. The van der Waals surface area contributed by atoms with E-state index >= 15 is 0 Å². The summed E-state index contributed by atoms with van der Waals surface area (Å²) in [4.78, 5) is 17.5. The molecule has 2 fully saturated rings. The van der Waals surface area contributed by atoms with Gasteiger partial charge in [0.15, 0.2) is 6.73 Å². The number of carbonyl (C=O) groups is 1. The van der Waals surface area contributed by atoms with Gasteiger partial charge in [-0.15, -0.1) is 0 Å². The van der Waals surface area contributed by atoms with Crippen molar-refractivity contribution in [2.75, 3.05) is 19.8 Å². The number of hydrogen-bond acceptors (Lipinski definition) is 5. The van der Waals surface area contributed by atoms with Crippen LogP contribution in [0.15, 0.2) is 30.3 Å². The topological polar surface area (TPSA) is 76.8 Å². The van der Waals surface area contributed by atoms with E-state index in [1.54, 1.807) is 4.90 Å². The third kappa shape index (κ3) is 3.32. The molecule has 3 aliphatic rings. The van der Waals surface area contributed by atoms with Gasteiger partial charge >= 0.3 is 0 Å². The van der Waals surface area contributed by atoms with Crippen molar-refractivity contribution in [3.05, 3.63) is 41.5 Å². The average molecular weight is 405 g/mol. The summed E-state index contributed by atoms with van der Waals surface area (Å²) in [7, 11) is 0. The molecule has 0 aromatic heterocycles. The number of benzene rings is 2. The number of aliphatic hydroxyl groups is 1. The minimum Gasteiger partial charge on any atom is -0.472 e. The maximum absolute atomic E-state index is 13.4. The molecule has 5 rings (SSSR count). The zero-order valence-corrected chi connectivity index (χ0v) is 17.1. The third-order valence-corrected chi connectivity index (χ3v) is 6.93. The fourth-order valence-electron chi connectivity index (χ4n) is 5.21. The summed E-state index contributed by atoms with van der Waals surface area (Å²) in [6.07, 6.45) is 3.82. The molecule has 2 atom stereocenters. The van der Waals surface area contributed by atoms with Crippen molar-refractivity contribution in [3.63, 3.8) is 0 Å². The molecule has 0 spiro atoms. The number of piperidine rings is 1. The van der Waals surface area contributed by atoms with Crippen molar-refractivity contribution in [3.8, 4) is 11.8 Å². The molecule has 2 aromatic carbocycles. The van der Waals surface area contributed by atoms with Crippen molar-refractivity contribution in [2.45, 2.75) is 50.8 Å². The number of rotatable bonds is 3. The van der Waals surface area contributed by atoms with Crippen LogP contribution in [0.2, 0.25) is 0 Å². The van der Waals surface area contributed by atoms with Crippen LogP contribution < -0.4 is 4.74 Å². The van der Waals surface area contributed by atoms with E-state index in [0.717, 1.165) is 68.1 Å². The standard InChI is InChI=1S/C24H27N3O3/c25-13-16-8-10-26(11-9-16)14-17-12-20-23(19-5-2-1-4-18(17)19)30-15-27(24(20)29)21-6-3-7-22(21)28/h1-2,4-5,12,16,21-22,28H,3,6-11,14-15H2/t21-,22-/m0/s1. The molecule has 2 aliphatic heterocycles. The first-order chi connectivity index (χ1) is 14.7. The summed E-state index contributed by atoms with van der Waals surface area (Å²) in [5, 5.41) is 21.6. The van der Waals surface area contributed by atoms with Gasteiger partial charge in [0, 0.05) is 17.8 Å². The first kappa shape index (κ1) is 19.3.